The van der Waals surface area contributed by atoms with Gasteiger partial charge in [-0.2, -0.15) is 0 Å². The van der Waals surface area contributed by atoms with E-state index in [1.807, 2.05) is 20.8 Å². The van der Waals surface area contributed by atoms with Crippen LogP contribution in [0.1, 0.15) is 66.2 Å². The summed E-state index contributed by atoms with van der Waals surface area (Å²) in [5.74, 6) is -0.149. The van der Waals surface area contributed by atoms with E-state index >= 15 is 0 Å². The second-order valence-corrected chi connectivity index (χ2v) is 6.43. The van der Waals surface area contributed by atoms with Crippen molar-refractivity contribution < 1.29 is 14.3 Å². The molecule has 106 valence electrons. The van der Waals surface area contributed by atoms with Gasteiger partial charge in [0.1, 0.15) is 0 Å². The van der Waals surface area contributed by atoms with Gasteiger partial charge in [0.25, 0.3) is 0 Å². The third-order valence-electron chi connectivity index (χ3n) is 4.43. The van der Waals surface area contributed by atoms with Gasteiger partial charge < -0.3 is 9.47 Å². The predicted octanol–water partition coefficient (Wildman–Crippen LogP) is 3.91. The van der Waals surface area contributed by atoms with E-state index in [0.29, 0.717) is 0 Å². The molecule has 3 nitrogen and oxygen atoms in total. The summed E-state index contributed by atoms with van der Waals surface area (Å²) >= 11 is 0. The summed E-state index contributed by atoms with van der Waals surface area (Å²) in [5.41, 5.74) is -0.450. The lowest BCUT2D eigenvalue weighted by Gasteiger charge is -2.39. The number of hydrogen-bond donors (Lipinski definition) is 0. The molecule has 0 heterocycles. The molecule has 0 aromatic heterocycles. The first-order valence-corrected chi connectivity index (χ1v) is 7.09. The van der Waals surface area contributed by atoms with Gasteiger partial charge in [-0.1, -0.05) is 33.1 Å². The van der Waals surface area contributed by atoms with Crippen LogP contribution in [0, 0.1) is 10.8 Å². The lowest BCUT2D eigenvalue weighted by molar-refractivity contribution is -0.213. The highest BCUT2D eigenvalue weighted by atomic mass is 16.7. The summed E-state index contributed by atoms with van der Waals surface area (Å²) in [7, 11) is 1.64. The van der Waals surface area contributed by atoms with Crippen LogP contribution in [-0.4, -0.2) is 19.4 Å². The van der Waals surface area contributed by atoms with Gasteiger partial charge >= 0.3 is 5.97 Å². The molecule has 1 rings (SSSR count). The Bertz CT molecular complexity index is 277. The Labute approximate surface area is 111 Å². The van der Waals surface area contributed by atoms with Crippen LogP contribution in [-0.2, 0) is 14.3 Å². The Hall–Kier alpha value is -0.570. The van der Waals surface area contributed by atoms with Crippen molar-refractivity contribution >= 4 is 5.97 Å². The average Bonchev–Trinajstić information content (AvgIpc) is 2.36. The molecule has 0 amide bonds. The highest BCUT2D eigenvalue weighted by Crippen LogP contribution is 2.41. The molecule has 0 aromatic rings. The van der Waals surface area contributed by atoms with Gasteiger partial charge in [0.05, 0.1) is 5.41 Å². The topological polar surface area (TPSA) is 35.5 Å². The molecule has 0 bridgehead atoms. The van der Waals surface area contributed by atoms with Crippen molar-refractivity contribution in [2.45, 2.75) is 72.5 Å². The van der Waals surface area contributed by atoms with Crippen molar-refractivity contribution in [3.8, 4) is 0 Å². The van der Waals surface area contributed by atoms with E-state index in [-0.39, 0.29) is 11.4 Å². The summed E-state index contributed by atoms with van der Waals surface area (Å²) in [6, 6.07) is 0. The Balaban J connectivity index is 2.69. The molecule has 1 unspecified atom stereocenters. The molecule has 1 aliphatic rings. The zero-order valence-electron chi connectivity index (χ0n) is 12.5. The highest BCUT2D eigenvalue weighted by molar-refractivity contribution is 5.75. The second kappa shape index (κ2) is 6.05. The summed E-state index contributed by atoms with van der Waals surface area (Å²) in [5, 5.41) is 0. The Kier molecular flexibility index (Phi) is 5.20. The van der Waals surface area contributed by atoms with Gasteiger partial charge in [-0.3, -0.25) is 4.79 Å². The fourth-order valence-corrected chi connectivity index (χ4v) is 2.47. The fraction of sp³-hybridized carbons (Fsp3) is 0.933. The van der Waals surface area contributed by atoms with Crippen LogP contribution in [0.5, 0.6) is 0 Å². The number of hydrogen-bond acceptors (Lipinski definition) is 3. The van der Waals surface area contributed by atoms with Crippen LogP contribution >= 0.6 is 0 Å². The van der Waals surface area contributed by atoms with Gasteiger partial charge in [0, 0.05) is 12.5 Å². The third kappa shape index (κ3) is 3.47. The van der Waals surface area contributed by atoms with Gasteiger partial charge in [0.15, 0.2) is 0 Å². The molecule has 0 N–H and O–H groups in total. The van der Waals surface area contributed by atoms with Crippen LogP contribution in [0.25, 0.3) is 0 Å². The molecule has 0 aliphatic heterocycles. The van der Waals surface area contributed by atoms with Crippen LogP contribution in [0.15, 0.2) is 0 Å². The van der Waals surface area contributed by atoms with E-state index in [4.69, 9.17) is 9.47 Å². The maximum Gasteiger partial charge on any atom is 0.313 e. The fourth-order valence-electron chi connectivity index (χ4n) is 2.47. The third-order valence-corrected chi connectivity index (χ3v) is 4.43. The van der Waals surface area contributed by atoms with Crippen LogP contribution in [0.2, 0.25) is 0 Å². The number of methoxy groups -OCH3 is 1. The number of carbonyl (C=O) groups excluding carboxylic acids is 1. The molecule has 0 radical (unpaired) electrons. The summed E-state index contributed by atoms with van der Waals surface area (Å²) in [6.07, 6.45) is 6.20. The van der Waals surface area contributed by atoms with E-state index in [1.54, 1.807) is 7.11 Å². The predicted molar refractivity (Wildman–Crippen MR) is 72.2 cm³/mol. The normalized spacial score (nSPS) is 21.4. The van der Waals surface area contributed by atoms with Crippen molar-refractivity contribution in [1.29, 1.82) is 0 Å². The first-order chi connectivity index (χ1) is 8.35. The SMILES string of the molecule is CCC(C)(C)C(=O)OC(OC)C1(C)CCCCC1. The Morgan fingerprint density at radius 2 is 1.83 bits per heavy atom. The molecule has 1 fully saturated rings. The minimum atomic E-state index is -0.429. The van der Waals surface area contributed by atoms with Gasteiger partial charge in [-0.05, 0) is 33.1 Å². The smallest absolute Gasteiger partial charge is 0.313 e. The van der Waals surface area contributed by atoms with Crippen molar-refractivity contribution in [2.24, 2.45) is 10.8 Å². The van der Waals surface area contributed by atoms with E-state index < -0.39 is 11.7 Å². The minimum absolute atomic E-state index is 0.0213. The number of ether oxygens (including phenoxy) is 2. The molecule has 1 aliphatic carbocycles. The van der Waals surface area contributed by atoms with Crippen LogP contribution in [0.4, 0.5) is 0 Å². The molecule has 1 atom stereocenters. The standard InChI is InChI=1S/C15H28O3/c1-6-14(2,3)12(16)18-13(17-5)15(4)10-8-7-9-11-15/h13H,6-11H2,1-5H3. The van der Waals surface area contributed by atoms with E-state index in [0.717, 1.165) is 19.3 Å². The van der Waals surface area contributed by atoms with Gasteiger partial charge in [-0.25, -0.2) is 0 Å². The molecular formula is C15H28O3. The van der Waals surface area contributed by atoms with Crippen molar-refractivity contribution in [3.05, 3.63) is 0 Å². The highest BCUT2D eigenvalue weighted by Gasteiger charge is 2.40. The molecule has 18 heavy (non-hydrogen) atoms. The molecule has 0 aromatic carbocycles. The zero-order chi connectivity index (χ0) is 13.8. The number of carbonyl (C=O) groups is 1. The molecule has 3 heteroatoms. The van der Waals surface area contributed by atoms with Gasteiger partial charge in [0.2, 0.25) is 6.29 Å². The minimum Gasteiger partial charge on any atom is -0.435 e. The average molecular weight is 256 g/mol. The van der Waals surface area contributed by atoms with Crippen molar-refractivity contribution in [2.75, 3.05) is 7.11 Å². The number of esters is 1. The monoisotopic (exact) mass is 256 g/mol. The van der Waals surface area contributed by atoms with E-state index in [9.17, 15) is 4.79 Å². The Morgan fingerprint density at radius 3 is 2.28 bits per heavy atom. The van der Waals surface area contributed by atoms with Crippen molar-refractivity contribution in [3.63, 3.8) is 0 Å². The summed E-state index contributed by atoms with van der Waals surface area (Å²) in [6.45, 7) is 8.02. The van der Waals surface area contributed by atoms with E-state index in [1.165, 1.54) is 19.3 Å². The van der Waals surface area contributed by atoms with E-state index in [2.05, 4.69) is 6.92 Å². The maximum absolute atomic E-state index is 12.1. The quantitative estimate of drug-likeness (QED) is 0.552. The molecule has 0 saturated heterocycles. The summed E-state index contributed by atoms with van der Waals surface area (Å²) in [4.78, 5) is 12.1. The second-order valence-electron chi connectivity index (χ2n) is 6.43. The first-order valence-electron chi connectivity index (χ1n) is 7.09. The van der Waals surface area contributed by atoms with Crippen molar-refractivity contribution in [1.82, 2.24) is 0 Å². The van der Waals surface area contributed by atoms with Crippen LogP contribution in [0.3, 0.4) is 0 Å². The van der Waals surface area contributed by atoms with Crippen LogP contribution < -0.4 is 0 Å². The molecule has 0 spiro atoms. The summed E-state index contributed by atoms with van der Waals surface area (Å²) < 4.78 is 11.1. The lowest BCUT2D eigenvalue weighted by Crippen LogP contribution is -2.42. The largest absolute Gasteiger partial charge is 0.435 e. The Morgan fingerprint density at radius 1 is 1.28 bits per heavy atom. The van der Waals surface area contributed by atoms with Gasteiger partial charge in [-0.15, -0.1) is 0 Å². The first kappa shape index (κ1) is 15.5. The maximum atomic E-state index is 12.1. The number of rotatable bonds is 5. The zero-order valence-corrected chi connectivity index (χ0v) is 12.5. The molecular weight excluding hydrogens is 228 g/mol. The molecule has 1 saturated carbocycles. The lowest BCUT2D eigenvalue weighted by atomic mass is 9.75.